The molecular weight excluding hydrogens is 342 g/mol. The molecule has 0 aliphatic carbocycles. The predicted octanol–water partition coefficient (Wildman–Crippen LogP) is 1.53. The number of anilines is 2. The maximum absolute atomic E-state index is 12.9. The topological polar surface area (TPSA) is 101 Å². The second-order valence-electron chi connectivity index (χ2n) is 3.07. The lowest BCUT2D eigenvalue weighted by Gasteiger charge is -2.10. The second-order valence-corrected chi connectivity index (χ2v) is 4.76. The summed E-state index contributed by atoms with van der Waals surface area (Å²) in [6.45, 7) is 1.23. The minimum atomic E-state index is -5.49. The van der Waals surface area contributed by atoms with Gasteiger partial charge in [-0.3, -0.25) is 4.79 Å². The molecule has 20 heavy (non-hydrogen) atoms. The lowest BCUT2D eigenvalue weighted by molar-refractivity contribution is -0.114. The van der Waals surface area contributed by atoms with Gasteiger partial charge in [0.15, 0.2) is 0 Å². The average Bonchev–Trinajstić information content (AvgIpc) is 2.30. The lowest BCUT2D eigenvalue weighted by Crippen LogP contribution is -2.17. The zero-order valence-corrected chi connectivity index (χ0v) is 12.1. The Kier molecular flexibility index (Phi) is 7.24. The Morgan fingerprint density at radius 2 is 1.90 bits per heavy atom. The zero-order chi connectivity index (χ0) is 15.9. The average molecular weight is 349 g/mol. The van der Waals surface area contributed by atoms with Gasteiger partial charge in [-0.1, -0.05) is 24.5 Å². The number of hydrogen-bond acceptors (Lipinski definition) is 5. The van der Waals surface area contributed by atoms with E-state index < -0.39 is 38.1 Å². The van der Waals surface area contributed by atoms with E-state index in [2.05, 4.69) is 5.32 Å². The third-order valence-electron chi connectivity index (χ3n) is 1.66. The van der Waals surface area contributed by atoms with E-state index in [1.165, 1.54) is 6.92 Å². The van der Waals surface area contributed by atoms with Gasteiger partial charge in [-0.15, -0.1) is 0 Å². The van der Waals surface area contributed by atoms with E-state index in [-0.39, 0.29) is 10.7 Å². The summed E-state index contributed by atoms with van der Waals surface area (Å²) in [5.41, 5.74) is -0.445. The summed E-state index contributed by atoms with van der Waals surface area (Å²) >= 11 is 4.89. The predicted molar refractivity (Wildman–Crippen MR) is 68.3 cm³/mol. The Hall–Kier alpha value is -1.59. The fourth-order valence-corrected chi connectivity index (χ4v) is 1.62. The first kappa shape index (κ1) is 18.4. The number of nitrogens with one attached hydrogen (secondary N) is 1. The zero-order valence-electron chi connectivity index (χ0n) is 9.67. The molecule has 1 aromatic carbocycles. The Bertz CT molecular complexity index is 634. The third kappa shape index (κ3) is 6.04. The van der Waals surface area contributed by atoms with Crippen LogP contribution in [0.3, 0.4) is 0 Å². The molecule has 1 amide bonds. The van der Waals surface area contributed by atoms with Crippen molar-refractivity contribution >= 4 is 50.9 Å². The minimum absolute atomic E-state index is 0.121. The lowest BCUT2D eigenvalue weighted by atomic mass is 10.3. The van der Waals surface area contributed by atoms with Gasteiger partial charge in [-0.05, 0) is 18.2 Å². The van der Waals surface area contributed by atoms with Crippen LogP contribution in [0.25, 0.3) is 0 Å². The van der Waals surface area contributed by atoms with Crippen molar-refractivity contribution in [3.63, 3.8) is 0 Å². The molecule has 7 nitrogen and oxygen atoms in total. The summed E-state index contributed by atoms with van der Waals surface area (Å²) in [6, 6.07) is 2.97. The van der Waals surface area contributed by atoms with Crippen molar-refractivity contribution in [2.45, 2.75) is 6.92 Å². The quantitative estimate of drug-likeness (QED) is 0.659. The van der Waals surface area contributed by atoms with E-state index in [9.17, 15) is 21.6 Å². The van der Waals surface area contributed by atoms with E-state index >= 15 is 0 Å². The van der Waals surface area contributed by atoms with Crippen LogP contribution in [0, 0.1) is 0 Å². The van der Waals surface area contributed by atoms with Crippen molar-refractivity contribution in [1.29, 1.82) is 0 Å². The van der Waals surface area contributed by atoms with Gasteiger partial charge in [0.1, 0.15) is 0 Å². The van der Waals surface area contributed by atoms with Gasteiger partial charge in [0.25, 0.3) is 0 Å². The van der Waals surface area contributed by atoms with Crippen molar-refractivity contribution < 1.29 is 30.0 Å². The van der Waals surface area contributed by atoms with Gasteiger partial charge >= 0.3 is 22.0 Å². The SMILES string of the molecule is CC(=O)Nc1ccc(N(F)S(=O)(=O)F)cc1Cl.O=S=O. The molecule has 0 aromatic heterocycles. The molecule has 0 atom stereocenters. The van der Waals surface area contributed by atoms with Crippen LogP contribution in [0.4, 0.5) is 19.7 Å². The summed E-state index contributed by atoms with van der Waals surface area (Å²) in [5.74, 6) is -0.408. The Morgan fingerprint density at radius 1 is 1.40 bits per heavy atom. The number of amides is 1. The molecule has 0 saturated carbocycles. The van der Waals surface area contributed by atoms with Crippen molar-refractivity contribution in [3.8, 4) is 0 Å². The molecule has 12 heteroatoms. The van der Waals surface area contributed by atoms with Crippen LogP contribution in [0.1, 0.15) is 6.92 Å². The van der Waals surface area contributed by atoms with Crippen LogP contribution in [0.5, 0.6) is 0 Å². The first-order valence-corrected chi connectivity index (χ1v) is 6.91. The van der Waals surface area contributed by atoms with Crippen molar-refractivity contribution in [2.75, 3.05) is 9.84 Å². The number of hydrogen-bond donors (Lipinski definition) is 1. The third-order valence-corrected chi connectivity index (χ3v) is 2.56. The molecule has 1 rings (SSSR count). The Morgan fingerprint density at radius 3 is 2.25 bits per heavy atom. The fourth-order valence-electron chi connectivity index (χ4n) is 1.03. The van der Waals surface area contributed by atoms with Crippen molar-refractivity contribution in [3.05, 3.63) is 23.2 Å². The van der Waals surface area contributed by atoms with E-state index in [1.807, 2.05) is 0 Å². The number of carbonyl (C=O) groups is 1. The highest BCUT2D eigenvalue weighted by molar-refractivity contribution is 7.87. The molecule has 0 unspecified atom stereocenters. The van der Waals surface area contributed by atoms with Gasteiger partial charge in [0.2, 0.25) is 5.91 Å². The first-order valence-electron chi connectivity index (χ1n) is 4.53. The monoisotopic (exact) mass is 348 g/mol. The van der Waals surface area contributed by atoms with E-state index in [1.54, 1.807) is 0 Å². The van der Waals surface area contributed by atoms with Crippen molar-refractivity contribution in [2.24, 2.45) is 0 Å². The van der Waals surface area contributed by atoms with Crippen LogP contribution in [0.15, 0.2) is 18.2 Å². The number of carbonyl (C=O) groups excluding carboxylic acids is 1. The van der Waals surface area contributed by atoms with Gasteiger partial charge in [-0.2, -0.15) is 16.8 Å². The highest BCUT2D eigenvalue weighted by Crippen LogP contribution is 2.29. The van der Waals surface area contributed by atoms with Gasteiger partial charge in [-0.25, -0.2) is 0 Å². The smallest absolute Gasteiger partial charge is 0.325 e. The largest absolute Gasteiger partial charge is 0.426 e. The molecule has 0 saturated heterocycles. The number of rotatable bonds is 3. The molecule has 0 bridgehead atoms. The summed E-state index contributed by atoms with van der Waals surface area (Å²) < 4.78 is 61.3. The molecule has 0 spiro atoms. The standard InChI is InChI=1S/C8H7ClF2N2O3S.O2S/c1-5(14)12-8-3-2-6(4-7(8)9)13(10)17(11,15)16;1-3-2/h2-4H,1H3,(H,12,14);. The fraction of sp³-hybridized carbons (Fsp3) is 0.125. The molecular formula is C8H7ClF2N2O5S2. The number of halogens is 3. The summed E-state index contributed by atoms with van der Waals surface area (Å²) in [5, 5.41) is 2.20. The molecule has 1 aromatic rings. The maximum Gasteiger partial charge on any atom is 0.426 e. The van der Waals surface area contributed by atoms with E-state index in [0.29, 0.717) is 0 Å². The Labute approximate surface area is 121 Å². The normalized spacial score (nSPS) is 10.0. The summed E-state index contributed by atoms with van der Waals surface area (Å²) in [4.78, 5) is 10.7. The minimum Gasteiger partial charge on any atom is -0.325 e. The molecule has 0 radical (unpaired) electrons. The van der Waals surface area contributed by atoms with Crippen LogP contribution in [-0.2, 0) is 26.8 Å². The highest BCUT2D eigenvalue weighted by atomic mass is 35.5. The summed E-state index contributed by atoms with van der Waals surface area (Å²) in [7, 11) is -5.49. The highest BCUT2D eigenvalue weighted by Gasteiger charge is 2.22. The molecule has 0 fully saturated rings. The number of nitrogens with zero attached hydrogens (tertiary/aromatic N) is 1. The second kappa shape index (κ2) is 7.87. The van der Waals surface area contributed by atoms with Gasteiger partial charge in [0.05, 0.1) is 16.4 Å². The van der Waals surface area contributed by atoms with Crippen molar-refractivity contribution in [1.82, 2.24) is 0 Å². The molecule has 0 aliphatic heterocycles. The Balaban J connectivity index is 0.00000110. The van der Waals surface area contributed by atoms with Gasteiger partial charge in [0, 0.05) is 6.92 Å². The van der Waals surface area contributed by atoms with Crippen LogP contribution < -0.4 is 9.84 Å². The first-order chi connectivity index (χ1) is 9.13. The van der Waals surface area contributed by atoms with Crippen LogP contribution >= 0.6 is 11.6 Å². The summed E-state index contributed by atoms with van der Waals surface area (Å²) in [6.07, 6.45) is 0. The van der Waals surface area contributed by atoms with E-state index in [4.69, 9.17) is 20.0 Å². The molecule has 0 aliphatic rings. The van der Waals surface area contributed by atoms with E-state index in [0.717, 1.165) is 18.2 Å². The van der Waals surface area contributed by atoms with Crippen LogP contribution in [0.2, 0.25) is 5.02 Å². The van der Waals surface area contributed by atoms with Crippen LogP contribution in [-0.4, -0.2) is 22.7 Å². The molecule has 1 N–H and O–H groups in total. The molecule has 0 heterocycles. The maximum atomic E-state index is 12.9. The molecule has 112 valence electrons. The van der Waals surface area contributed by atoms with Gasteiger partial charge < -0.3 is 5.32 Å². The number of benzene rings is 1.